The van der Waals surface area contributed by atoms with Crippen LogP contribution in [0.15, 0.2) is 36.5 Å². The van der Waals surface area contributed by atoms with Crippen LogP contribution in [0.4, 0.5) is 0 Å². The van der Waals surface area contributed by atoms with Gasteiger partial charge in [0.2, 0.25) is 0 Å². The van der Waals surface area contributed by atoms with E-state index in [-0.39, 0.29) is 6.42 Å². The molecular weight excluding hydrogens is 234 g/mol. The summed E-state index contributed by atoms with van der Waals surface area (Å²) in [5.74, 6) is 0.637. The first-order valence-electron chi connectivity index (χ1n) is 5.39. The highest BCUT2D eigenvalue weighted by atomic mass is 32.2. The Bertz CT molecular complexity index is 522. The van der Waals surface area contributed by atoms with Crippen molar-refractivity contribution in [3.63, 3.8) is 0 Å². The highest BCUT2D eigenvalue weighted by Gasteiger charge is 2.03. The van der Waals surface area contributed by atoms with Crippen LogP contribution in [0.2, 0.25) is 0 Å². The Labute approximate surface area is 104 Å². The van der Waals surface area contributed by atoms with Gasteiger partial charge in [-0.25, -0.2) is 0 Å². The van der Waals surface area contributed by atoms with E-state index in [9.17, 15) is 4.79 Å². The van der Waals surface area contributed by atoms with E-state index in [1.165, 1.54) is 5.39 Å². The molecule has 4 heteroatoms. The van der Waals surface area contributed by atoms with Crippen LogP contribution in [0.25, 0.3) is 10.8 Å². The Morgan fingerprint density at radius 3 is 2.94 bits per heavy atom. The van der Waals surface area contributed by atoms with E-state index in [1.807, 2.05) is 18.2 Å². The van der Waals surface area contributed by atoms with E-state index in [4.69, 9.17) is 5.11 Å². The van der Waals surface area contributed by atoms with Gasteiger partial charge in [0.05, 0.1) is 12.1 Å². The Kier molecular flexibility index (Phi) is 3.98. The van der Waals surface area contributed by atoms with Crippen molar-refractivity contribution in [3.05, 3.63) is 42.2 Å². The van der Waals surface area contributed by atoms with E-state index in [0.717, 1.165) is 16.8 Å². The average molecular weight is 247 g/mol. The fourth-order valence-corrected chi connectivity index (χ4v) is 2.51. The fraction of sp³-hybridized carbons (Fsp3) is 0.231. The summed E-state index contributed by atoms with van der Waals surface area (Å²) in [5.41, 5.74) is 1.03. The Hall–Kier alpha value is -1.55. The number of thioether (sulfide) groups is 1. The number of aromatic nitrogens is 1. The molecular formula is C13H13NO2S. The quantitative estimate of drug-likeness (QED) is 0.825. The predicted molar refractivity (Wildman–Crippen MR) is 70.2 cm³/mol. The van der Waals surface area contributed by atoms with Crippen LogP contribution in [0.5, 0.6) is 0 Å². The summed E-state index contributed by atoms with van der Waals surface area (Å²) in [6, 6.07) is 10.1. The molecule has 0 unspecified atom stereocenters. The van der Waals surface area contributed by atoms with Gasteiger partial charge >= 0.3 is 5.97 Å². The minimum atomic E-state index is -0.747. The molecule has 0 aliphatic carbocycles. The lowest BCUT2D eigenvalue weighted by atomic mass is 10.1. The van der Waals surface area contributed by atoms with Crippen LogP contribution in [-0.2, 0) is 10.5 Å². The molecule has 88 valence electrons. The first-order chi connectivity index (χ1) is 8.27. The number of carboxylic acids is 1. The number of fused-ring (bicyclic) bond motifs is 1. The van der Waals surface area contributed by atoms with E-state index in [2.05, 4.69) is 17.1 Å². The molecule has 0 bridgehead atoms. The number of aliphatic carboxylic acids is 1. The zero-order valence-corrected chi connectivity index (χ0v) is 10.1. The Morgan fingerprint density at radius 2 is 2.12 bits per heavy atom. The minimum Gasteiger partial charge on any atom is -0.481 e. The number of nitrogens with zero attached hydrogens (tertiary/aromatic N) is 1. The third-order valence-corrected chi connectivity index (χ3v) is 3.43. The lowest BCUT2D eigenvalue weighted by molar-refractivity contribution is -0.136. The molecule has 17 heavy (non-hydrogen) atoms. The molecule has 2 aromatic rings. The van der Waals surface area contributed by atoms with E-state index >= 15 is 0 Å². The summed E-state index contributed by atoms with van der Waals surface area (Å²) in [6.45, 7) is 0. The second-order valence-electron chi connectivity index (χ2n) is 3.68. The van der Waals surface area contributed by atoms with Crippen LogP contribution >= 0.6 is 11.8 Å². The Morgan fingerprint density at radius 1 is 1.29 bits per heavy atom. The van der Waals surface area contributed by atoms with Crippen molar-refractivity contribution < 1.29 is 9.90 Å². The average Bonchev–Trinajstić information content (AvgIpc) is 2.34. The number of hydrogen-bond acceptors (Lipinski definition) is 3. The first-order valence-corrected chi connectivity index (χ1v) is 6.55. The maximum absolute atomic E-state index is 10.4. The highest BCUT2D eigenvalue weighted by molar-refractivity contribution is 7.98. The molecule has 1 N–H and O–H groups in total. The maximum atomic E-state index is 10.4. The molecule has 1 aromatic carbocycles. The molecule has 0 spiro atoms. The van der Waals surface area contributed by atoms with Gasteiger partial charge in [-0.2, -0.15) is 11.8 Å². The van der Waals surface area contributed by atoms with Crippen LogP contribution in [0.1, 0.15) is 12.1 Å². The van der Waals surface area contributed by atoms with Crippen molar-refractivity contribution in [2.24, 2.45) is 0 Å². The maximum Gasteiger partial charge on any atom is 0.304 e. The molecule has 2 rings (SSSR count). The molecule has 1 aromatic heterocycles. The summed E-state index contributed by atoms with van der Waals surface area (Å²) in [6.07, 6.45) is 2.00. The molecule has 0 radical (unpaired) electrons. The number of hydrogen-bond donors (Lipinski definition) is 1. The zero-order valence-electron chi connectivity index (χ0n) is 9.30. The van der Waals surface area contributed by atoms with Gasteiger partial charge < -0.3 is 5.11 Å². The second kappa shape index (κ2) is 5.68. The van der Waals surface area contributed by atoms with Crippen molar-refractivity contribution in [1.29, 1.82) is 0 Å². The smallest absolute Gasteiger partial charge is 0.304 e. The molecule has 1 heterocycles. The van der Waals surface area contributed by atoms with Crippen molar-refractivity contribution in [2.45, 2.75) is 12.2 Å². The Balaban J connectivity index is 2.05. The molecule has 0 saturated heterocycles. The van der Waals surface area contributed by atoms with Gasteiger partial charge in [-0.3, -0.25) is 9.78 Å². The summed E-state index contributed by atoms with van der Waals surface area (Å²) in [5, 5.41) is 10.9. The van der Waals surface area contributed by atoms with Crippen molar-refractivity contribution in [3.8, 4) is 0 Å². The topological polar surface area (TPSA) is 50.2 Å². The molecule has 0 aliphatic heterocycles. The van der Waals surface area contributed by atoms with Crippen molar-refractivity contribution >= 4 is 28.5 Å². The van der Waals surface area contributed by atoms with Gasteiger partial charge in [0, 0.05) is 23.1 Å². The van der Waals surface area contributed by atoms with Gasteiger partial charge in [-0.1, -0.05) is 24.3 Å². The van der Waals surface area contributed by atoms with E-state index < -0.39 is 5.97 Å². The number of pyridine rings is 1. The standard InChI is InChI=1S/C13H13NO2S/c15-13(16)6-8-17-9-12-11-4-2-1-3-10(11)5-7-14-12/h1-5,7H,6,8-9H2,(H,15,16). The fourth-order valence-electron chi connectivity index (χ4n) is 1.63. The summed E-state index contributed by atoms with van der Waals surface area (Å²) >= 11 is 1.61. The molecule has 0 atom stereocenters. The second-order valence-corrected chi connectivity index (χ2v) is 4.78. The van der Waals surface area contributed by atoms with Gasteiger partial charge in [-0.15, -0.1) is 0 Å². The highest BCUT2D eigenvalue weighted by Crippen LogP contribution is 2.20. The van der Waals surface area contributed by atoms with Crippen LogP contribution in [-0.4, -0.2) is 21.8 Å². The van der Waals surface area contributed by atoms with Crippen molar-refractivity contribution in [1.82, 2.24) is 4.98 Å². The molecule has 0 aliphatic rings. The third kappa shape index (κ3) is 3.20. The zero-order chi connectivity index (χ0) is 12.1. The monoisotopic (exact) mass is 247 g/mol. The first kappa shape index (κ1) is 11.9. The van der Waals surface area contributed by atoms with Gasteiger partial charge in [-0.05, 0) is 11.5 Å². The molecule has 0 saturated carbocycles. The van der Waals surface area contributed by atoms with Crippen LogP contribution < -0.4 is 0 Å². The number of rotatable bonds is 5. The molecule has 0 amide bonds. The van der Waals surface area contributed by atoms with Gasteiger partial charge in [0.25, 0.3) is 0 Å². The molecule has 3 nitrogen and oxygen atoms in total. The predicted octanol–water partition coefficient (Wildman–Crippen LogP) is 2.94. The normalized spacial score (nSPS) is 10.6. The van der Waals surface area contributed by atoms with Crippen LogP contribution in [0.3, 0.4) is 0 Å². The summed E-state index contributed by atoms with van der Waals surface area (Å²) < 4.78 is 0. The number of benzene rings is 1. The minimum absolute atomic E-state index is 0.204. The number of carbonyl (C=O) groups is 1. The largest absolute Gasteiger partial charge is 0.481 e. The summed E-state index contributed by atoms with van der Waals surface area (Å²) in [4.78, 5) is 14.7. The van der Waals surface area contributed by atoms with Gasteiger partial charge in [0.1, 0.15) is 0 Å². The molecule has 0 fully saturated rings. The van der Waals surface area contributed by atoms with Crippen LogP contribution in [0, 0.1) is 0 Å². The van der Waals surface area contributed by atoms with E-state index in [1.54, 1.807) is 18.0 Å². The third-order valence-electron chi connectivity index (χ3n) is 2.46. The van der Waals surface area contributed by atoms with E-state index in [0.29, 0.717) is 5.75 Å². The lowest BCUT2D eigenvalue weighted by Gasteiger charge is -2.04. The SMILES string of the molecule is O=C(O)CCSCc1nccc2ccccc12. The summed E-state index contributed by atoms with van der Waals surface area (Å²) in [7, 11) is 0. The van der Waals surface area contributed by atoms with Crippen molar-refractivity contribution in [2.75, 3.05) is 5.75 Å². The number of carboxylic acid groups (broad SMARTS) is 1. The lowest BCUT2D eigenvalue weighted by Crippen LogP contribution is -1.97. The van der Waals surface area contributed by atoms with Gasteiger partial charge in [0.15, 0.2) is 0 Å².